The zero-order valence-electron chi connectivity index (χ0n) is 15.9. The molecule has 0 bridgehead atoms. The highest BCUT2D eigenvalue weighted by molar-refractivity contribution is 6.31. The molecule has 2 aromatic carbocycles. The summed E-state index contributed by atoms with van der Waals surface area (Å²) in [5.74, 6) is 0.370. The van der Waals surface area contributed by atoms with Crippen molar-refractivity contribution in [2.75, 3.05) is 23.4 Å². The van der Waals surface area contributed by atoms with E-state index in [2.05, 4.69) is 5.32 Å². The fourth-order valence-electron chi connectivity index (χ4n) is 3.00. The predicted molar refractivity (Wildman–Crippen MR) is 109 cm³/mol. The van der Waals surface area contributed by atoms with Crippen molar-refractivity contribution in [2.45, 2.75) is 32.8 Å². The molecule has 2 aromatic rings. The van der Waals surface area contributed by atoms with Crippen molar-refractivity contribution in [3.63, 3.8) is 0 Å². The Morgan fingerprint density at radius 1 is 1.21 bits per heavy atom. The fraction of sp³-hybridized carbons (Fsp3) is 0.333. The third kappa shape index (κ3) is 4.75. The van der Waals surface area contributed by atoms with Crippen LogP contribution in [0, 0.1) is 0 Å². The summed E-state index contributed by atoms with van der Waals surface area (Å²) in [6.07, 6.45) is 0.913. The molecule has 0 spiro atoms. The first-order valence-corrected chi connectivity index (χ1v) is 9.67. The number of urea groups is 1. The van der Waals surface area contributed by atoms with E-state index in [1.807, 2.05) is 6.92 Å². The van der Waals surface area contributed by atoms with Crippen LogP contribution in [-0.4, -0.2) is 31.3 Å². The maximum absolute atomic E-state index is 12.9. The van der Waals surface area contributed by atoms with E-state index in [1.54, 1.807) is 54.3 Å². The summed E-state index contributed by atoms with van der Waals surface area (Å²) in [4.78, 5) is 26.1. The Hall–Kier alpha value is -2.73. The van der Waals surface area contributed by atoms with Crippen molar-refractivity contribution in [3.8, 4) is 5.75 Å². The number of esters is 1. The number of carbonyl (C=O) groups is 2. The van der Waals surface area contributed by atoms with Crippen LogP contribution in [0.3, 0.4) is 0 Å². The average molecular weight is 403 g/mol. The average Bonchev–Trinajstić information content (AvgIpc) is 2.68. The first-order valence-electron chi connectivity index (χ1n) is 9.29. The number of ether oxygens (including phenoxy) is 2. The van der Waals surface area contributed by atoms with Gasteiger partial charge in [-0.1, -0.05) is 30.7 Å². The van der Waals surface area contributed by atoms with E-state index in [1.165, 1.54) is 0 Å². The van der Waals surface area contributed by atoms with Gasteiger partial charge >= 0.3 is 12.0 Å². The lowest BCUT2D eigenvalue weighted by Gasteiger charge is -2.34. The largest absolute Gasteiger partial charge is 0.486 e. The Labute approximate surface area is 169 Å². The molecule has 6 nitrogen and oxygen atoms in total. The van der Waals surface area contributed by atoms with Gasteiger partial charge in [0.25, 0.3) is 0 Å². The smallest absolute Gasteiger partial charge is 0.326 e. The van der Waals surface area contributed by atoms with Crippen LogP contribution >= 0.6 is 11.6 Å². The minimum Gasteiger partial charge on any atom is -0.486 e. The summed E-state index contributed by atoms with van der Waals surface area (Å²) < 4.78 is 10.9. The molecule has 148 valence electrons. The summed E-state index contributed by atoms with van der Waals surface area (Å²) in [7, 11) is 0. The minimum atomic E-state index is -0.272. The van der Waals surface area contributed by atoms with Crippen molar-refractivity contribution in [1.82, 2.24) is 0 Å². The molecule has 2 amide bonds. The van der Waals surface area contributed by atoms with Crippen molar-refractivity contribution in [2.24, 2.45) is 0 Å². The zero-order valence-corrected chi connectivity index (χ0v) is 16.7. The molecule has 1 N–H and O–H groups in total. The molecule has 0 saturated heterocycles. The molecule has 0 fully saturated rings. The van der Waals surface area contributed by atoms with Gasteiger partial charge in [-0.05, 0) is 49.2 Å². The second-order valence-corrected chi connectivity index (χ2v) is 6.92. The molecule has 0 aromatic heterocycles. The van der Waals surface area contributed by atoms with Crippen LogP contribution in [0.25, 0.3) is 0 Å². The summed E-state index contributed by atoms with van der Waals surface area (Å²) in [5.41, 5.74) is 2.11. The van der Waals surface area contributed by atoms with E-state index in [9.17, 15) is 9.59 Å². The molecule has 0 aliphatic carbocycles. The van der Waals surface area contributed by atoms with E-state index < -0.39 is 0 Å². The second-order valence-electron chi connectivity index (χ2n) is 6.48. The molecule has 0 saturated carbocycles. The second kappa shape index (κ2) is 8.97. The molecule has 28 heavy (non-hydrogen) atoms. The Morgan fingerprint density at radius 3 is 2.64 bits per heavy atom. The van der Waals surface area contributed by atoms with E-state index in [0.717, 1.165) is 12.0 Å². The maximum Gasteiger partial charge on any atom is 0.326 e. The van der Waals surface area contributed by atoms with Crippen molar-refractivity contribution in [3.05, 3.63) is 53.1 Å². The number of hydrogen-bond donors (Lipinski definition) is 1. The lowest BCUT2D eigenvalue weighted by Crippen LogP contribution is -2.45. The van der Waals surface area contributed by atoms with Crippen LogP contribution in [0.4, 0.5) is 16.2 Å². The summed E-state index contributed by atoms with van der Waals surface area (Å²) in [6, 6.07) is 12.1. The molecule has 1 atom stereocenters. The lowest BCUT2D eigenvalue weighted by molar-refractivity contribution is -0.142. The summed E-state index contributed by atoms with van der Waals surface area (Å²) >= 11 is 6.11. The normalized spacial score (nSPS) is 15.4. The molecular formula is C21H23ClN2O4. The van der Waals surface area contributed by atoms with Crippen LogP contribution in [0.15, 0.2) is 42.5 Å². The van der Waals surface area contributed by atoms with E-state index >= 15 is 0 Å². The summed E-state index contributed by atoms with van der Waals surface area (Å²) in [6.45, 7) is 4.59. The van der Waals surface area contributed by atoms with Crippen molar-refractivity contribution in [1.29, 1.82) is 0 Å². The van der Waals surface area contributed by atoms with Crippen LogP contribution in [0.5, 0.6) is 5.75 Å². The number of nitrogens with one attached hydrogen (secondary N) is 1. The van der Waals surface area contributed by atoms with Crippen molar-refractivity contribution >= 4 is 35.0 Å². The van der Waals surface area contributed by atoms with Gasteiger partial charge in [0, 0.05) is 10.7 Å². The number of rotatable bonds is 5. The number of fused-ring (bicyclic) bond motifs is 1. The third-order valence-electron chi connectivity index (χ3n) is 4.45. The highest BCUT2D eigenvalue weighted by Gasteiger charge is 2.29. The molecule has 0 unspecified atom stereocenters. The van der Waals surface area contributed by atoms with E-state index in [0.29, 0.717) is 35.3 Å². The topological polar surface area (TPSA) is 67.9 Å². The molecule has 3 rings (SSSR count). The first-order chi connectivity index (χ1) is 13.5. The van der Waals surface area contributed by atoms with Gasteiger partial charge in [-0.15, -0.1) is 0 Å². The Balaban J connectivity index is 1.72. The van der Waals surface area contributed by atoms with Gasteiger partial charge in [0.15, 0.2) is 0 Å². The highest BCUT2D eigenvalue weighted by Crippen LogP contribution is 2.36. The van der Waals surface area contributed by atoms with Crippen molar-refractivity contribution < 1.29 is 19.1 Å². The van der Waals surface area contributed by atoms with Crippen LogP contribution in [0.1, 0.15) is 25.8 Å². The van der Waals surface area contributed by atoms with Crippen LogP contribution in [0.2, 0.25) is 5.02 Å². The SMILES string of the molecule is CCOC(=O)Cc1ccc(NC(=O)N2C[C@@H](CC)Oc3ccc(Cl)cc32)cc1. The lowest BCUT2D eigenvalue weighted by atomic mass is 10.1. The van der Waals surface area contributed by atoms with Gasteiger partial charge in [-0.25, -0.2) is 4.79 Å². The summed E-state index contributed by atoms with van der Waals surface area (Å²) in [5, 5.41) is 3.43. The van der Waals surface area contributed by atoms with Crippen LogP contribution in [-0.2, 0) is 16.0 Å². The van der Waals surface area contributed by atoms with Gasteiger partial charge in [0.05, 0.1) is 25.3 Å². The number of amides is 2. The van der Waals surface area contributed by atoms with E-state index in [4.69, 9.17) is 21.1 Å². The number of anilines is 2. The zero-order chi connectivity index (χ0) is 20.1. The number of carbonyl (C=O) groups excluding carboxylic acids is 2. The number of halogens is 1. The Bertz CT molecular complexity index is 854. The Kier molecular flexibility index (Phi) is 6.41. The Morgan fingerprint density at radius 2 is 1.96 bits per heavy atom. The molecule has 0 radical (unpaired) electrons. The standard InChI is InChI=1S/C21H23ClN2O4/c1-3-17-13-24(18-12-15(22)7-10-19(18)28-17)21(26)23-16-8-5-14(6-9-16)11-20(25)27-4-2/h5-10,12,17H,3-4,11,13H2,1-2H3,(H,23,26)/t17-/m1/s1. The number of hydrogen-bond acceptors (Lipinski definition) is 4. The predicted octanol–water partition coefficient (Wildman–Crippen LogP) is 4.66. The molecular weight excluding hydrogens is 380 g/mol. The fourth-order valence-corrected chi connectivity index (χ4v) is 3.17. The first kappa shape index (κ1) is 20.0. The maximum atomic E-state index is 12.9. The van der Waals surface area contributed by atoms with Gasteiger partial charge in [-0.2, -0.15) is 0 Å². The highest BCUT2D eigenvalue weighted by atomic mass is 35.5. The van der Waals surface area contributed by atoms with Gasteiger partial charge in [0.2, 0.25) is 0 Å². The molecule has 7 heteroatoms. The monoisotopic (exact) mass is 402 g/mol. The number of benzene rings is 2. The minimum absolute atomic E-state index is 0.0774. The van der Waals surface area contributed by atoms with Gasteiger partial charge < -0.3 is 14.8 Å². The number of nitrogens with zero attached hydrogens (tertiary/aromatic N) is 1. The molecule has 1 aliphatic rings. The van der Waals surface area contributed by atoms with Gasteiger partial charge in [-0.3, -0.25) is 9.69 Å². The third-order valence-corrected chi connectivity index (χ3v) is 4.69. The van der Waals surface area contributed by atoms with Gasteiger partial charge in [0.1, 0.15) is 11.9 Å². The van der Waals surface area contributed by atoms with E-state index in [-0.39, 0.29) is 24.5 Å². The molecule has 1 aliphatic heterocycles. The quantitative estimate of drug-likeness (QED) is 0.739. The molecule has 1 heterocycles. The van der Waals surface area contributed by atoms with Crippen LogP contribution < -0.4 is 15.0 Å².